The quantitative estimate of drug-likeness (QED) is 0.568. The minimum Gasteiger partial charge on any atom is -0.322 e. The van der Waals surface area contributed by atoms with Crippen molar-refractivity contribution < 1.29 is 9.72 Å². The molecule has 1 N–H and O–H groups in total. The van der Waals surface area contributed by atoms with Crippen LogP contribution in [0.15, 0.2) is 53.9 Å². The minimum atomic E-state index is -0.482. The third kappa shape index (κ3) is 3.47. The standard InChI is InChI=1S/C17H13N3O3S/c1-11-18-16(10-24-11)12-2-4-13(5-3-12)17(21)19-14-6-8-15(9-7-14)20(22)23/h2-10H,1H3,(H,19,21). The average Bonchev–Trinajstić information content (AvgIpc) is 3.02. The van der Waals surface area contributed by atoms with Crippen LogP contribution in [0.1, 0.15) is 15.4 Å². The van der Waals surface area contributed by atoms with Crippen LogP contribution in [0.5, 0.6) is 0 Å². The van der Waals surface area contributed by atoms with Gasteiger partial charge < -0.3 is 5.32 Å². The van der Waals surface area contributed by atoms with Gasteiger partial charge in [-0.15, -0.1) is 11.3 Å². The molecule has 0 aliphatic carbocycles. The fraction of sp³-hybridized carbons (Fsp3) is 0.0588. The molecule has 0 fully saturated rings. The van der Waals surface area contributed by atoms with Gasteiger partial charge in [-0.1, -0.05) is 12.1 Å². The topological polar surface area (TPSA) is 85.1 Å². The smallest absolute Gasteiger partial charge is 0.269 e. The van der Waals surface area contributed by atoms with Crippen molar-refractivity contribution in [2.75, 3.05) is 5.32 Å². The van der Waals surface area contributed by atoms with E-state index in [1.807, 2.05) is 24.4 Å². The number of aryl methyl sites for hydroxylation is 1. The van der Waals surface area contributed by atoms with Crippen molar-refractivity contribution in [2.24, 2.45) is 0 Å². The first-order chi connectivity index (χ1) is 11.5. The number of carbonyl (C=O) groups is 1. The first-order valence-corrected chi connectivity index (χ1v) is 7.99. The Kier molecular flexibility index (Phi) is 4.35. The second kappa shape index (κ2) is 6.59. The fourth-order valence-corrected chi connectivity index (χ4v) is 2.78. The zero-order valence-electron chi connectivity index (χ0n) is 12.7. The first kappa shape index (κ1) is 15.8. The molecular formula is C17H13N3O3S. The molecule has 3 aromatic rings. The second-order valence-electron chi connectivity index (χ2n) is 5.09. The summed E-state index contributed by atoms with van der Waals surface area (Å²) in [5, 5.41) is 16.3. The van der Waals surface area contributed by atoms with Crippen molar-refractivity contribution in [1.82, 2.24) is 4.98 Å². The third-order valence-electron chi connectivity index (χ3n) is 3.40. The van der Waals surface area contributed by atoms with Gasteiger partial charge in [0.2, 0.25) is 0 Å². The molecule has 0 atom stereocenters. The van der Waals surface area contributed by atoms with E-state index in [2.05, 4.69) is 10.3 Å². The molecule has 3 rings (SSSR count). The zero-order chi connectivity index (χ0) is 17.1. The van der Waals surface area contributed by atoms with E-state index in [9.17, 15) is 14.9 Å². The molecule has 120 valence electrons. The molecule has 0 radical (unpaired) electrons. The number of benzene rings is 2. The first-order valence-electron chi connectivity index (χ1n) is 7.11. The minimum absolute atomic E-state index is 0.0177. The maximum Gasteiger partial charge on any atom is 0.269 e. The fourth-order valence-electron chi connectivity index (χ4n) is 2.16. The summed E-state index contributed by atoms with van der Waals surface area (Å²) in [5.41, 5.74) is 2.83. The molecule has 7 heteroatoms. The summed E-state index contributed by atoms with van der Waals surface area (Å²) < 4.78 is 0. The molecule has 6 nitrogen and oxygen atoms in total. The van der Waals surface area contributed by atoms with E-state index in [0.717, 1.165) is 16.3 Å². The summed E-state index contributed by atoms with van der Waals surface area (Å²) >= 11 is 1.58. The monoisotopic (exact) mass is 339 g/mol. The van der Waals surface area contributed by atoms with Crippen LogP contribution in [0.2, 0.25) is 0 Å². The number of hydrogen-bond donors (Lipinski definition) is 1. The van der Waals surface area contributed by atoms with E-state index >= 15 is 0 Å². The number of anilines is 1. The van der Waals surface area contributed by atoms with Crippen LogP contribution in [0.4, 0.5) is 11.4 Å². The number of carbonyl (C=O) groups excluding carboxylic acids is 1. The average molecular weight is 339 g/mol. The van der Waals surface area contributed by atoms with E-state index in [1.165, 1.54) is 24.3 Å². The van der Waals surface area contributed by atoms with Crippen molar-refractivity contribution in [3.8, 4) is 11.3 Å². The van der Waals surface area contributed by atoms with Crippen LogP contribution in [0, 0.1) is 17.0 Å². The predicted molar refractivity (Wildman–Crippen MR) is 93.3 cm³/mol. The predicted octanol–water partition coefficient (Wildman–Crippen LogP) is 4.28. The Morgan fingerprint density at radius 2 is 1.79 bits per heavy atom. The van der Waals surface area contributed by atoms with Crippen molar-refractivity contribution in [3.63, 3.8) is 0 Å². The molecule has 1 aromatic heterocycles. The van der Waals surface area contributed by atoms with Gasteiger partial charge in [0.25, 0.3) is 11.6 Å². The van der Waals surface area contributed by atoms with Gasteiger partial charge in [0.15, 0.2) is 0 Å². The number of nitro groups is 1. The van der Waals surface area contributed by atoms with Crippen molar-refractivity contribution in [2.45, 2.75) is 6.92 Å². The summed E-state index contributed by atoms with van der Waals surface area (Å²) in [6, 6.07) is 12.9. The van der Waals surface area contributed by atoms with Gasteiger partial charge in [0.05, 0.1) is 15.6 Å². The highest BCUT2D eigenvalue weighted by atomic mass is 32.1. The molecule has 0 saturated carbocycles. The second-order valence-corrected chi connectivity index (χ2v) is 6.15. The largest absolute Gasteiger partial charge is 0.322 e. The Balaban J connectivity index is 1.72. The van der Waals surface area contributed by atoms with Crippen LogP contribution in [0.3, 0.4) is 0 Å². The maximum absolute atomic E-state index is 12.2. The highest BCUT2D eigenvalue weighted by molar-refractivity contribution is 7.09. The number of nitrogens with zero attached hydrogens (tertiary/aromatic N) is 2. The highest BCUT2D eigenvalue weighted by Crippen LogP contribution is 2.22. The molecule has 2 aromatic carbocycles. The molecule has 0 bridgehead atoms. The lowest BCUT2D eigenvalue weighted by Gasteiger charge is -2.05. The van der Waals surface area contributed by atoms with Crippen LogP contribution in [-0.4, -0.2) is 15.8 Å². The van der Waals surface area contributed by atoms with Gasteiger partial charge in [0, 0.05) is 34.3 Å². The molecule has 1 amide bonds. The van der Waals surface area contributed by atoms with Crippen LogP contribution >= 0.6 is 11.3 Å². The Bertz CT molecular complexity index is 886. The van der Waals surface area contributed by atoms with Crippen LogP contribution in [-0.2, 0) is 0 Å². The van der Waals surface area contributed by atoms with E-state index in [-0.39, 0.29) is 11.6 Å². The van der Waals surface area contributed by atoms with E-state index in [1.54, 1.807) is 23.5 Å². The molecule has 0 spiro atoms. The van der Waals surface area contributed by atoms with E-state index < -0.39 is 4.92 Å². The number of aromatic nitrogens is 1. The Morgan fingerprint density at radius 3 is 2.33 bits per heavy atom. The number of rotatable bonds is 4. The van der Waals surface area contributed by atoms with Gasteiger partial charge in [0.1, 0.15) is 0 Å². The highest BCUT2D eigenvalue weighted by Gasteiger charge is 2.09. The Labute approximate surface area is 141 Å². The van der Waals surface area contributed by atoms with Crippen molar-refractivity contribution in [3.05, 3.63) is 74.6 Å². The Hall–Kier alpha value is -3.06. The van der Waals surface area contributed by atoms with Crippen molar-refractivity contribution in [1.29, 1.82) is 0 Å². The van der Waals surface area contributed by atoms with E-state index in [4.69, 9.17) is 0 Å². The number of amides is 1. The molecule has 1 heterocycles. The lowest BCUT2D eigenvalue weighted by Crippen LogP contribution is -2.11. The molecular weight excluding hydrogens is 326 g/mol. The molecule has 0 saturated heterocycles. The number of hydrogen-bond acceptors (Lipinski definition) is 5. The van der Waals surface area contributed by atoms with Crippen molar-refractivity contribution >= 4 is 28.6 Å². The van der Waals surface area contributed by atoms with Gasteiger partial charge in [-0.2, -0.15) is 0 Å². The van der Waals surface area contributed by atoms with Gasteiger partial charge in [-0.05, 0) is 31.2 Å². The Morgan fingerprint density at radius 1 is 1.12 bits per heavy atom. The maximum atomic E-state index is 12.2. The molecule has 24 heavy (non-hydrogen) atoms. The summed E-state index contributed by atoms with van der Waals surface area (Å²) in [6.45, 7) is 1.94. The molecule has 0 aliphatic rings. The normalized spacial score (nSPS) is 10.4. The van der Waals surface area contributed by atoms with Gasteiger partial charge in [-0.25, -0.2) is 4.98 Å². The van der Waals surface area contributed by atoms with E-state index in [0.29, 0.717) is 11.3 Å². The van der Waals surface area contributed by atoms with Gasteiger partial charge in [-0.3, -0.25) is 14.9 Å². The van der Waals surface area contributed by atoms with Crippen LogP contribution < -0.4 is 5.32 Å². The number of non-ortho nitro benzene ring substituents is 1. The summed E-state index contributed by atoms with van der Waals surface area (Å²) in [5.74, 6) is -0.273. The summed E-state index contributed by atoms with van der Waals surface area (Å²) in [7, 11) is 0. The molecule has 0 unspecified atom stereocenters. The SMILES string of the molecule is Cc1nc(-c2ccc(C(=O)Nc3ccc([N+](=O)[O-])cc3)cc2)cs1. The summed E-state index contributed by atoms with van der Waals surface area (Å²) in [6.07, 6.45) is 0. The lowest BCUT2D eigenvalue weighted by atomic mass is 10.1. The number of nitrogens with one attached hydrogen (secondary N) is 1. The van der Waals surface area contributed by atoms with Crippen LogP contribution in [0.25, 0.3) is 11.3 Å². The number of thiazole rings is 1. The summed E-state index contributed by atoms with van der Waals surface area (Å²) in [4.78, 5) is 26.8. The van der Waals surface area contributed by atoms with Gasteiger partial charge >= 0.3 is 0 Å². The lowest BCUT2D eigenvalue weighted by molar-refractivity contribution is -0.384. The molecule has 0 aliphatic heterocycles. The third-order valence-corrected chi connectivity index (χ3v) is 4.17. The number of nitro benzene ring substituents is 1. The zero-order valence-corrected chi connectivity index (χ0v) is 13.5.